The summed E-state index contributed by atoms with van der Waals surface area (Å²) in [5.41, 5.74) is 18.3. The van der Waals surface area contributed by atoms with Crippen molar-refractivity contribution in [2.75, 3.05) is 4.90 Å². The van der Waals surface area contributed by atoms with Gasteiger partial charge in [0, 0.05) is 33.1 Å². The first-order chi connectivity index (χ1) is 32.1. The van der Waals surface area contributed by atoms with E-state index in [-0.39, 0.29) is 0 Å². The Morgan fingerprint density at radius 3 is 1.95 bits per heavy atom. The van der Waals surface area contributed by atoms with E-state index in [0.29, 0.717) is 5.92 Å². The number of rotatable bonds is 7. The lowest BCUT2D eigenvalue weighted by Gasteiger charge is -2.38. The van der Waals surface area contributed by atoms with Crippen LogP contribution in [-0.2, 0) is 5.41 Å². The van der Waals surface area contributed by atoms with Crippen LogP contribution in [0.1, 0.15) is 30.0 Å². The van der Waals surface area contributed by atoms with Crippen LogP contribution in [0, 0.1) is 5.92 Å². The minimum atomic E-state index is -0.489. The number of para-hydroxylation sites is 1. The average molecular weight is 834 g/mol. The number of fused-ring (bicyclic) bond motifs is 9. The van der Waals surface area contributed by atoms with Crippen molar-refractivity contribution in [3.8, 4) is 33.4 Å². The highest BCUT2D eigenvalue weighted by atomic mass is 16.3. The van der Waals surface area contributed by atoms with E-state index in [0.717, 1.165) is 78.5 Å². The van der Waals surface area contributed by atoms with Crippen molar-refractivity contribution in [2.24, 2.45) is 5.92 Å². The maximum atomic E-state index is 7.12. The first-order valence-electron chi connectivity index (χ1n) is 22.6. The quantitative estimate of drug-likeness (QED) is 0.160. The summed E-state index contributed by atoms with van der Waals surface area (Å²) in [5, 5.41) is 4.17. The summed E-state index contributed by atoms with van der Waals surface area (Å²) in [6.45, 7) is 2.33. The Morgan fingerprint density at radius 2 is 1.15 bits per heavy atom. The fraction of sp³-hybridized carbons (Fsp3) is 0.0645. The molecule has 0 radical (unpaired) electrons. The van der Waals surface area contributed by atoms with E-state index < -0.39 is 5.41 Å². The average Bonchev–Trinajstić information content (AvgIpc) is 4.03. The third-order valence-electron chi connectivity index (χ3n) is 13.9. The van der Waals surface area contributed by atoms with E-state index >= 15 is 0 Å². The molecule has 11 aromatic rings. The standard InChI is InChI=1S/C62H43NO2/c1-40-17-15-24-45(37-40)62(44-22-9-4-10-23-44)52-27-13-11-25-48(52)49-36-35-47(38-53(49)62)63(46-33-31-42(32-34-46)41-18-5-2-6-19-41)54-28-16-30-56-59(54)51-39-57-60(50-26-12-14-29-55(50)64-57)58(61(51)65-56)43-20-7-3-8-21-43/h2-36,38-40H,37H2,1H3/t40-,62?/m1/s1. The number of benzene rings is 9. The predicted octanol–water partition coefficient (Wildman–Crippen LogP) is 17.1. The number of nitrogens with zero attached hydrogens (tertiary/aromatic N) is 1. The number of furan rings is 2. The molecule has 0 saturated carbocycles. The van der Waals surface area contributed by atoms with Crippen LogP contribution in [0.25, 0.3) is 77.3 Å². The smallest absolute Gasteiger partial charge is 0.144 e. The first-order valence-corrected chi connectivity index (χ1v) is 22.6. The van der Waals surface area contributed by atoms with E-state index in [1.54, 1.807) is 0 Å². The van der Waals surface area contributed by atoms with Gasteiger partial charge in [-0.3, -0.25) is 0 Å². The Morgan fingerprint density at radius 1 is 0.492 bits per heavy atom. The van der Waals surface area contributed by atoms with E-state index in [1.807, 2.05) is 6.07 Å². The molecule has 2 aliphatic carbocycles. The van der Waals surface area contributed by atoms with Crippen LogP contribution in [0.3, 0.4) is 0 Å². The van der Waals surface area contributed by atoms with Crippen LogP contribution in [0.15, 0.2) is 239 Å². The van der Waals surface area contributed by atoms with Gasteiger partial charge in [0.25, 0.3) is 0 Å². The van der Waals surface area contributed by atoms with Crippen molar-refractivity contribution < 1.29 is 8.83 Å². The number of hydrogen-bond donors (Lipinski definition) is 0. The monoisotopic (exact) mass is 833 g/mol. The largest absolute Gasteiger partial charge is 0.456 e. The van der Waals surface area contributed by atoms with Crippen molar-refractivity contribution in [1.82, 2.24) is 0 Å². The molecule has 1 unspecified atom stereocenters. The Balaban J connectivity index is 1.11. The van der Waals surface area contributed by atoms with Crippen molar-refractivity contribution in [1.29, 1.82) is 0 Å². The second-order valence-electron chi connectivity index (χ2n) is 17.6. The molecule has 0 N–H and O–H groups in total. The van der Waals surface area contributed by atoms with Gasteiger partial charge in [-0.05, 0) is 105 Å². The number of hydrogen-bond acceptors (Lipinski definition) is 3. The molecule has 9 aromatic carbocycles. The van der Waals surface area contributed by atoms with Gasteiger partial charge in [0.2, 0.25) is 0 Å². The summed E-state index contributed by atoms with van der Waals surface area (Å²) < 4.78 is 13.8. The fourth-order valence-corrected chi connectivity index (χ4v) is 11.1. The van der Waals surface area contributed by atoms with Crippen molar-refractivity contribution in [3.05, 3.63) is 247 Å². The van der Waals surface area contributed by atoms with E-state index in [4.69, 9.17) is 8.83 Å². The molecule has 3 nitrogen and oxygen atoms in total. The molecular formula is C62H43NO2. The third kappa shape index (κ3) is 5.68. The maximum absolute atomic E-state index is 7.12. The van der Waals surface area contributed by atoms with Gasteiger partial charge in [-0.2, -0.15) is 0 Å². The van der Waals surface area contributed by atoms with Crippen LogP contribution in [0.5, 0.6) is 0 Å². The second kappa shape index (κ2) is 14.7. The molecule has 65 heavy (non-hydrogen) atoms. The van der Waals surface area contributed by atoms with Gasteiger partial charge in [-0.1, -0.05) is 188 Å². The molecule has 0 spiro atoms. The molecule has 3 heteroatoms. The topological polar surface area (TPSA) is 29.5 Å². The number of anilines is 3. The van der Waals surface area contributed by atoms with Crippen LogP contribution in [-0.4, -0.2) is 0 Å². The summed E-state index contributed by atoms with van der Waals surface area (Å²) in [7, 11) is 0. The molecular weight excluding hydrogens is 791 g/mol. The van der Waals surface area contributed by atoms with Gasteiger partial charge in [0.1, 0.15) is 22.3 Å². The zero-order chi connectivity index (χ0) is 43.1. The zero-order valence-corrected chi connectivity index (χ0v) is 35.9. The molecule has 0 fully saturated rings. The fourth-order valence-electron chi connectivity index (χ4n) is 11.1. The molecule has 308 valence electrons. The van der Waals surface area contributed by atoms with Gasteiger partial charge in [0.05, 0.1) is 16.5 Å². The van der Waals surface area contributed by atoms with Crippen LogP contribution in [0.2, 0.25) is 0 Å². The molecule has 0 saturated heterocycles. The van der Waals surface area contributed by atoms with Crippen molar-refractivity contribution >= 4 is 60.9 Å². The van der Waals surface area contributed by atoms with E-state index in [2.05, 4.69) is 230 Å². The SMILES string of the molecule is C[C@@H]1C=CC=C(C2(c3ccccc3)c3ccccc3-c3ccc(N(c4ccc(-c5ccccc5)cc4)c4cccc5oc6c(-c7ccccc7)c7c(cc6c45)oc4ccccc47)cc32)C1. The third-order valence-corrected chi connectivity index (χ3v) is 13.9. The molecule has 0 aliphatic heterocycles. The minimum absolute atomic E-state index is 0.417. The van der Waals surface area contributed by atoms with Gasteiger partial charge < -0.3 is 13.7 Å². The number of allylic oxidation sites excluding steroid dienone is 4. The Hall–Kier alpha value is -8.14. The second-order valence-corrected chi connectivity index (χ2v) is 17.6. The zero-order valence-electron chi connectivity index (χ0n) is 35.9. The van der Waals surface area contributed by atoms with Gasteiger partial charge in [-0.15, -0.1) is 0 Å². The maximum Gasteiger partial charge on any atom is 0.144 e. The Labute approximate surface area is 377 Å². The van der Waals surface area contributed by atoms with Crippen LogP contribution < -0.4 is 4.90 Å². The van der Waals surface area contributed by atoms with E-state index in [1.165, 1.54) is 44.5 Å². The molecule has 0 amide bonds. The molecule has 13 rings (SSSR count). The molecule has 2 aromatic heterocycles. The van der Waals surface area contributed by atoms with Gasteiger partial charge >= 0.3 is 0 Å². The molecule has 2 heterocycles. The normalized spacial score (nSPS) is 16.6. The summed E-state index contributed by atoms with van der Waals surface area (Å²) in [4.78, 5) is 2.44. The lowest BCUT2D eigenvalue weighted by Crippen LogP contribution is -2.31. The predicted molar refractivity (Wildman–Crippen MR) is 269 cm³/mol. The van der Waals surface area contributed by atoms with E-state index in [9.17, 15) is 0 Å². The summed E-state index contributed by atoms with van der Waals surface area (Å²) >= 11 is 0. The Kier molecular flexibility index (Phi) is 8.48. The minimum Gasteiger partial charge on any atom is -0.456 e. The van der Waals surface area contributed by atoms with Crippen LogP contribution >= 0.6 is 0 Å². The van der Waals surface area contributed by atoms with Gasteiger partial charge in [0.15, 0.2) is 0 Å². The first kappa shape index (κ1) is 37.4. The van der Waals surface area contributed by atoms with Gasteiger partial charge in [-0.25, -0.2) is 0 Å². The molecule has 2 atom stereocenters. The highest BCUT2D eigenvalue weighted by Crippen LogP contribution is 2.59. The summed E-state index contributed by atoms with van der Waals surface area (Å²) in [5.74, 6) is 0.417. The summed E-state index contributed by atoms with van der Waals surface area (Å²) in [6, 6.07) is 74.6. The van der Waals surface area contributed by atoms with Crippen molar-refractivity contribution in [3.63, 3.8) is 0 Å². The van der Waals surface area contributed by atoms with Crippen molar-refractivity contribution in [2.45, 2.75) is 18.8 Å². The Bertz CT molecular complexity index is 3690. The highest BCUT2D eigenvalue weighted by molar-refractivity contribution is 6.25. The lowest BCUT2D eigenvalue weighted by molar-refractivity contribution is 0.615. The molecule has 0 bridgehead atoms. The lowest BCUT2D eigenvalue weighted by atomic mass is 9.64. The molecule has 2 aliphatic rings. The highest BCUT2D eigenvalue weighted by Gasteiger charge is 2.48. The summed E-state index contributed by atoms with van der Waals surface area (Å²) in [6.07, 6.45) is 7.95. The van der Waals surface area contributed by atoms with Crippen LogP contribution in [0.4, 0.5) is 17.1 Å².